The third-order valence-corrected chi connectivity index (χ3v) is 16.4. The van der Waals surface area contributed by atoms with Crippen molar-refractivity contribution in [1.29, 1.82) is 0 Å². The summed E-state index contributed by atoms with van der Waals surface area (Å²) in [5.74, 6) is 2.10. The first kappa shape index (κ1) is 34.9. The Morgan fingerprint density at radius 1 is 0.550 bits per heavy atom. The van der Waals surface area contributed by atoms with Crippen LogP contribution in [0.15, 0.2) is 156 Å². The van der Waals surface area contributed by atoms with Crippen LogP contribution in [0.1, 0.15) is 93.4 Å². The minimum atomic E-state index is 0.0151. The molecule has 0 amide bonds. The Kier molecular flexibility index (Phi) is 7.61. The zero-order chi connectivity index (χ0) is 39.6. The number of furan rings is 1. The van der Waals surface area contributed by atoms with E-state index in [9.17, 15) is 0 Å². The smallest absolute Gasteiger partial charge is 0.143 e. The Morgan fingerprint density at radius 3 is 1.98 bits per heavy atom. The van der Waals surface area contributed by atoms with Gasteiger partial charge in [-0.1, -0.05) is 148 Å². The number of hydrogen-bond acceptors (Lipinski definition) is 2. The fourth-order valence-electron chi connectivity index (χ4n) is 14.0. The lowest BCUT2D eigenvalue weighted by Gasteiger charge is -2.55. The Balaban J connectivity index is 1.04. The summed E-state index contributed by atoms with van der Waals surface area (Å²) in [6.07, 6.45) is 13.0. The average Bonchev–Trinajstić information content (AvgIpc) is 4.07. The van der Waals surface area contributed by atoms with Crippen molar-refractivity contribution in [2.45, 2.75) is 82.0 Å². The molecule has 5 aliphatic carbocycles. The molecule has 1 aromatic heterocycles. The summed E-state index contributed by atoms with van der Waals surface area (Å²) < 4.78 is 6.56. The van der Waals surface area contributed by atoms with Gasteiger partial charge in [0.05, 0.1) is 5.69 Å². The minimum absolute atomic E-state index is 0.0151. The maximum atomic E-state index is 6.56. The monoisotopic (exact) mass is 777 g/mol. The second kappa shape index (κ2) is 13.1. The number of nitrogens with zero attached hydrogens (tertiary/aromatic N) is 1. The summed E-state index contributed by atoms with van der Waals surface area (Å²) in [6.45, 7) is 2.43. The van der Waals surface area contributed by atoms with E-state index in [1.54, 1.807) is 16.7 Å². The van der Waals surface area contributed by atoms with E-state index in [2.05, 4.69) is 163 Å². The maximum absolute atomic E-state index is 6.56. The Hall–Kier alpha value is -5.86. The average molecular weight is 778 g/mol. The van der Waals surface area contributed by atoms with E-state index >= 15 is 0 Å². The fourth-order valence-corrected chi connectivity index (χ4v) is 14.0. The first-order valence-corrected chi connectivity index (χ1v) is 23.0. The van der Waals surface area contributed by atoms with Crippen LogP contribution < -0.4 is 4.90 Å². The highest BCUT2D eigenvalue weighted by molar-refractivity contribution is 6.09. The molecule has 8 aromatic rings. The number of para-hydroxylation sites is 2. The van der Waals surface area contributed by atoms with Gasteiger partial charge >= 0.3 is 0 Å². The molecule has 0 radical (unpaired) electrons. The van der Waals surface area contributed by atoms with Gasteiger partial charge in [-0.2, -0.15) is 0 Å². The molecule has 1 heterocycles. The van der Waals surface area contributed by atoms with Crippen molar-refractivity contribution < 1.29 is 4.42 Å². The molecular formula is C58H51NO. The number of fused-ring (bicyclic) bond motifs is 11. The van der Waals surface area contributed by atoms with Crippen molar-refractivity contribution in [3.05, 3.63) is 174 Å². The predicted octanol–water partition coefficient (Wildman–Crippen LogP) is 16.1. The van der Waals surface area contributed by atoms with Crippen molar-refractivity contribution >= 4 is 39.0 Å². The van der Waals surface area contributed by atoms with Crippen LogP contribution in [-0.4, -0.2) is 0 Å². The van der Waals surface area contributed by atoms with Crippen LogP contribution in [0.2, 0.25) is 0 Å². The number of benzene rings is 7. The first-order valence-electron chi connectivity index (χ1n) is 23.0. The Labute approximate surface area is 353 Å². The van der Waals surface area contributed by atoms with Crippen LogP contribution in [0.4, 0.5) is 17.1 Å². The molecule has 3 saturated carbocycles. The third kappa shape index (κ3) is 4.66. The van der Waals surface area contributed by atoms with Gasteiger partial charge in [0.15, 0.2) is 0 Å². The molecule has 294 valence electrons. The molecule has 7 aromatic carbocycles. The lowest BCUT2D eigenvalue weighted by atomic mass is 9.48. The van der Waals surface area contributed by atoms with Crippen LogP contribution in [0.25, 0.3) is 55.3 Å². The molecule has 2 heteroatoms. The molecule has 2 nitrogen and oxygen atoms in total. The maximum Gasteiger partial charge on any atom is 0.143 e. The molecule has 2 unspecified atom stereocenters. The van der Waals surface area contributed by atoms with E-state index in [0.717, 1.165) is 22.6 Å². The highest BCUT2D eigenvalue weighted by atomic mass is 16.3. The lowest BCUT2D eigenvalue weighted by molar-refractivity contribution is 0.0495. The van der Waals surface area contributed by atoms with Crippen LogP contribution >= 0.6 is 0 Å². The molecule has 2 spiro atoms. The largest absolute Gasteiger partial charge is 0.455 e. The van der Waals surface area contributed by atoms with Crippen LogP contribution in [-0.2, 0) is 10.8 Å². The molecule has 2 atom stereocenters. The van der Waals surface area contributed by atoms with Crippen LogP contribution in [0, 0.1) is 17.8 Å². The highest BCUT2D eigenvalue weighted by Crippen LogP contribution is 2.68. The lowest BCUT2D eigenvalue weighted by Crippen LogP contribution is -2.50. The topological polar surface area (TPSA) is 16.4 Å². The molecule has 3 fully saturated rings. The van der Waals surface area contributed by atoms with Crippen LogP contribution in [0.3, 0.4) is 0 Å². The first-order chi connectivity index (χ1) is 29.7. The fraction of sp³-hybridized carbons (Fsp3) is 0.276. The van der Waals surface area contributed by atoms with Gasteiger partial charge < -0.3 is 9.32 Å². The van der Waals surface area contributed by atoms with E-state index in [1.807, 2.05) is 0 Å². The zero-order valence-corrected chi connectivity index (χ0v) is 34.6. The van der Waals surface area contributed by atoms with E-state index in [-0.39, 0.29) is 10.8 Å². The van der Waals surface area contributed by atoms with Gasteiger partial charge in [-0.15, -0.1) is 0 Å². The predicted molar refractivity (Wildman–Crippen MR) is 249 cm³/mol. The van der Waals surface area contributed by atoms with Crippen LogP contribution in [0.5, 0.6) is 0 Å². The zero-order valence-electron chi connectivity index (χ0n) is 34.6. The van der Waals surface area contributed by atoms with Gasteiger partial charge in [0.2, 0.25) is 0 Å². The minimum Gasteiger partial charge on any atom is -0.455 e. The molecule has 0 aliphatic heterocycles. The molecular weight excluding hydrogens is 727 g/mol. The number of anilines is 3. The molecule has 2 bridgehead atoms. The third-order valence-electron chi connectivity index (χ3n) is 16.4. The van der Waals surface area contributed by atoms with Gasteiger partial charge in [0.1, 0.15) is 11.2 Å². The molecule has 0 saturated heterocycles. The Bertz CT molecular complexity index is 2980. The SMILES string of the molecule is CCC1CC2CCCC(C1)C21c2ccccc2-c2cccc(N(c3ccc(-c4cccc5c4oc4ccccc45)cc3)c3ccc4c(c3)C3(CCCC3)c3ccccc3-4)c21. The van der Waals surface area contributed by atoms with Gasteiger partial charge in [-0.3, -0.25) is 0 Å². The van der Waals surface area contributed by atoms with Gasteiger partial charge in [-0.05, 0) is 143 Å². The molecule has 60 heavy (non-hydrogen) atoms. The normalized spacial score (nSPS) is 22.9. The van der Waals surface area contributed by atoms with Gasteiger partial charge in [-0.25, -0.2) is 0 Å². The molecule has 5 aliphatic rings. The summed E-state index contributed by atoms with van der Waals surface area (Å²) in [5, 5.41) is 2.34. The van der Waals surface area contributed by atoms with Gasteiger partial charge in [0, 0.05) is 38.5 Å². The van der Waals surface area contributed by atoms with E-state index in [1.165, 1.54) is 125 Å². The molecule has 13 rings (SSSR count). The summed E-state index contributed by atoms with van der Waals surface area (Å²) >= 11 is 0. The van der Waals surface area contributed by atoms with Crippen molar-refractivity contribution in [3.8, 4) is 33.4 Å². The van der Waals surface area contributed by atoms with Crippen molar-refractivity contribution in [2.24, 2.45) is 17.8 Å². The summed E-state index contributed by atoms with van der Waals surface area (Å²) in [4.78, 5) is 2.67. The number of rotatable bonds is 5. The van der Waals surface area contributed by atoms with E-state index in [4.69, 9.17) is 4.42 Å². The standard InChI is InChI=1S/C58H51NO/c1-2-37-34-39-14-11-15-40(35-37)58(39)51-23-7-4-17-45(51)48-20-13-24-53(55(48)58)59(42-30-31-46-44-16-3-6-22-50(44)57(52(46)36-42)32-9-10-33-57)41-28-26-38(27-29-41)43-19-12-21-49-47-18-5-8-25-54(47)60-56(43)49/h3-8,12-13,16-31,36-37,39-40H,2,9-11,14-15,32-35H2,1H3. The van der Waals surface area contributed by atoms with Crippen molar-refractivity contribution in [1.82, 2.24) is 0 Å². The van der Waals surface area contributed by atoms with E-state index < -0.39 is 0 Å². The van der Waals surface area contributed by atoms with Crippen molar-refractivity contribution in [2.75, 3.05) is 4.90 Å². The summed E-state index contributed by atoms with van der Waals surface area (Å²) in [6, 6.07) is 58.1. The number of hydrogen-bond donors (Lipinski definition) is 0. The van der Waals surface area contributed by atoms with E-state index in [0.29, 0.717) is 11.8 Å². The highest BCUT2D eigenvalue weighted by Gasteiger charge is 2.58. The van der Waals surface area contributed by atoms with Crippen molar-refractivity contribution in [3.63, 3.8) is 0 Å². The quantitative estimate of drug-likeness (QED) is 0.173. The summed E-state index contributed by atoms with van der Waals surface area (Å²) in [7, 11) is 0. The summed E-state index contributed by atoms with van der Waals surface area (Å²) in [5.41, 5.74) is 20.2. The second-order valence-electron chi connectivity index (χ2n) is 18.9. The second-order valence-corrected chi connectivity index (χ2v) is 18.9. The Morgan fingerprint density at radius 2 is 1.18 bits per heavy atom. The molecule has 0 N–H and O–H groups in total. The van der Waals surface area contributed by atoms with Gasteiger partial charge in [0.25, 0.3) is 0 Å².